The Bertz CT molecular complexity index is 592. The van der Waals surface area contributed by atoms with Crippen molar-refractivity contribution in [3.8, 4) is 0 Å². The van der Waals surface area contributed by atoms with Gasteiger partial charge in [-0.1, -0.05) is 12.5 Å². The van der Waals surface area contributed by atoms with Crippen LogP contribution in [0.3, 0.4) is 0 Å². The fourth-order valence-electron chi connectivity index (χ4n) is 2.59. The first kappa shape index (κ1) is 15.5. The van der Waals surface area contributed by atoms with Crippen LogP contribution in [-0.2, 0) is 16.6 Å². The second-order valence-corrected chi connectivity index (χ2v) is 7.84. The van der Waals surface area contributed by atoms with Gasteiger partial charge in [-0.25, -0.2) is 12.7 Å². The quantitative estimate of drug-likeness (QED) is 0.906. The molecule has 0 aliphatic heterocycles. The molecule has 112 valence electrons. The Labute approximate surface area is 122 Å². The van der Waals surface area contributed by atoms with E-state index in [1.54, 1.807) is 13.1 Å². The predicted molar refractivity (Wildman–Crippen MR) is 81.0 cm³/mol. The van der Waals surface area contributed by atoms with Gasteiger partial charge in [-0.05, 0) is 55.4 Å². The van der Waals surface area contributed by atoms with Crippen molar-refractivity contribution in [1.29, 1.82) is 0 Å². The summed E-state index contributed by atoms with van der Waals surface area (Å²) >= 11 is 0. The maximum atomic E-state index is 12.7. The van der Waals surface area contributed by atoms with Crippen LogP contribution in [0.5, 0.6) is 0 Å². The highest BCUT2D eigenvalue weighted by Gasteiger charge is 2.28. The summed E-state index contributed by atoms with van der Waals surface area (Å²) in [5.74, 6) is 0.522. The second kappa shape index (κ2) is 5.84. The number of hydrogen-bond donors (Lipinski definition) is 1. The molecule has 0 atom stereocenters. The molecule has 5 heteroatoms. The van der Waals surface area contributed by atoms with E-state index in [-0.39, 0.29) is 0 Å². The molecule has 0 spiro atoms. The van der Waals surface area contributed by atoms with Gasteiger partial charge in [0.05, 0.1) is 4.90 Å². The lowest BCUT2D eigenvalue weighted by Crippen LogP contribution is -2.34. The van der Waals surface area contributed by atoms with Gasteiger partial charge in [0.15, 0.2) is 0 Å². The van der Waals surface area contributed by atoms with Crippen molar-refractivity contribution < 1.29 is 8.42 Å². The number of nitrogens with zero attached hydrogens (tertiary/aromatic N) is 1. The highest BCUT2D eigenvalue weighted by Crippen LogP contribution is 2.30. The monoisotopic (exact) mass is 296 g/mol. The normalized spacial score (nSPS) is 16.4. The number of nitrogens with two attached hydrogens (primary N) is 1. The molecule has 1 aliphatic carbocycles. The average molecular weight is 296 g/mol. The molecule has 0 unspecified atom stereocenters. The molecule has 0 amide bonds. The van der Waals surface area contributed by atoms with E-state index < -0.39 is 10.0 Å². The summed E-state index contributed by atoms with van der Waals surface area (Å²) in [6, 6.07) is 3.68. The highest BCUT2D eigenvalue weighted by atomic mass is 32.2. The number of hydrogen-bond acceptors (Lipinski definition) is 3. The summed E-state index contributed by atoms with van der Waals surface area (Å²) in [7, 11) is -1.74. The van der Waals surface area contributed by atoms with Crippen LogP contribution in [0.4, 0.5) is 0 Å². The minimum absolute atomic E-state index is 0.357. The van der Waals surface area contributed by atoms with E-state index in [2.05, 4.69) is 0 Å². The molecule has 1 aromatic carbocycles. The van der Waals surface area contributed by atoms with Crippen LogP contribution in [0.15, 0.2) is 17.0 Å². The average Bonchev–Trinajstić information content (AvgIpc) is 2.36. The highest BCUT2D eigenvalue weighted by molar-refractivity contribution is 7.89. The van der Waals surface area contributed by atoms with Gasteiger partial charge in [0.2, 0.25) is 10.0 Å². The second-order valence-electron chi connectivity index (χ2n) is 5.82. The van der Waals surface area contributed by atoms with Gasteiger partial charge in [0.25, 0.3) is 0 Å². The van der Waals surface area contributed by atoms with Crippen LogP contribution in [-0.4, -0.2) is 26.3 Å². The molecule has 2 N–H and O–H groups in total. The molecule has 0 radical (unpaired) electrons. The van der Waals surface area contributed by atoms with Crippen LogP contribution in [0.1, 0.15) is 36.0 Å². The lowest BCUT2D eigenvalue weighted by Gasteiger charge is -2.30. The lowest BCUT2D eigenvalue weighted by molar-refractivity contribution is 0.263. The first-order valence-corrected chi connectivity index (χ1v) is 8.56. The lowest BCUT2D eigenvalue weighted by atomic mass is 9.86. The van der Waals surface area contributed by atoms with Crippen LogP contribution >= 0.6 is 0 Å². The zero-order chi connectivity index (χ0) is 14.9. The van der Waals surface area contributed by atoms with Crippen molar-refractivity contribution in [3.05, 3.63) is 28.8 Å². The van der Waals surface area contributed by atoms with Crippen molar-refractivity contribution in [2.75, 3.05) is 13.6 Å². The molecule has 2 rings (SSSR count). The predicted octanol–water partition coefficient (Wildman–Crippen LogP) is 2.18. The van der Waals surface area contributed by atoms with Crippen LogP contribution < -0.4 is 5.73 Å². The maximum absolute atomic E-state index is 12.7. The Morgan fingerprint density at radius 3 is 2.45 bits per heavy atom. The van der Waals surface area contributed by atoms with Gasteiger partial charge >= 0.3 is 0 Å². The number of benzene rings is 1. The standard InChI is InChI=1S/C15H24N2O2S/c1-11-7-14(9-16)8-15(12(11)2)20(18,19)17(3)10-13-5-4-6-13/h7-8,13H,4-6,9-10,16H2,1-3H3. The first-order valence-electron chi connectivity index (χ1n) is 7.12. The van der Waals surface area contributed by atoms with Crippen LogP contribution in [0, 0.1) is 19.8 Å². The van der Waals surface area contributed by atoms with Crippen molar-refractivity contribution in [2.45, 2.75) is 44.6 Å². The Balaban J connectivity index is 2.34. The summed E-state index contributed by atoms with van der Waals surface area (Å²) < 4.78 is 27.0. The molecule has 0 heterocycles. The van der Waals surface area contributed by atoms with Crippen LogP contribution in [0.2, 0.25) is 0 Å². The Morgan fingerprint density at radius 2 is 1.95 bits per heavy atom. The molecular formula is C15H24N2O2S. The van der Waals surface area contributed by atoms with E-state index in [9.17, 15) is 8.42 Å². The topological polar surface area (TPSA) is 63.4 Å². The molecule has 0 bridgehead atoms. The van der Waals surface area contributed by atoms with E-state index in [0.29, 0.717) is 23.9 Å². The third kappa shape index (κ3) is 2.90. The van der Waals surface area contributed by atoms with Gasteiger partial charge in [-0.3, -0.25) is 0 Å². The van der Waals surface area contributed by atoms with Gasteiger partial charge in [0.1, 0.15) is 0 Å². The molecule has 1 fully saturated rings. The summed E-state index contributed by atoms with van der Waals surface area (Å²) in [4.78, 5) is 0.403. The number of sulfonamides is 1. The Morgan fingerprint density at radius 1 is 1.30 bits per heavy atom. The number of aryl methyl sites for hydroxylation is 1. The van der Waals surface area contributed by atoms with E-state index in [1.807, 2.05) is 19.9 Å². The molecular weight excluding hydrogens is 272 g/mol. The summed E-state index contributed by atoms with van der Waals surface area (Å²) in [6.07, 6.45) is 3.50. The Hall–Kier alpha value is -0.910. The zero-order valence-electron chi connectivity index (χ0n) is 12.5. The summed E-state index contributed by atoms with van der Waals surface area (Å²) in [6.45, 7) is 4.77. The smallest absolute Gasteiger partial charge is 0.243 e. The van der Waals surface area contributed by atoms with Gasteiger partial charge in [-0.15, -0.1) is 0 Å². The SMILES string of the molecule is Cc1cc(CN)cc(S(=O)(=O)N(C)CC2CCC2)c1C. The third-order valence-corrected chi connectivity index (χ3v) is 6.29. The van der Waals surface area contributed by atoms with E-state index in [4.69, 9.17) is 5.73 Å². The molecule has 0 aromatic heterocycles. The largest absolute Gasteiger partial charge is 0.326 e. The molecule has 1 aromatic rings. The van der Waals surface area contributed by atoms with Gasteiger partial charge < -0.3 is 5.73 Å². The minimum atomic E-state index is -3.42. The van der Waals surface area contributed by atoms with E-state index in [0.717, 1.165) is 29.5 Å². The fraction of sp³-hybridized carbons (Fsp3) is 0.600. The molecule has 1 saturated carbocycles. The number of rotatable bonds is 5. The fourth-order valence-corrected chi connectivity index (χ4v) is 4.18. The Kier molecular flexibility index (Phi) is 4.52. The van der Waals surface area contributed by atoms with Crippen molar-refractivity contribution in [1.82, 2.24) is 4.31 Å². The molecule has 4 nitrogen and oxygen atoms in total. The molecule has 20 heavy (non-hydrogen) atoms. The van der Waals surface area contributed by atoms with Crippen molar-refractivity contribution >= 4 is 10.0 Å². The minimum Gasteiger partial charge on any atom is -0.326 e. The third-order valence-electron chi connectivity index (χ3n) is 4.34. The van der Waals surface area contributed by atoms with Crippen LogP contribution in [0.25, 0.3) is 0 Å². The summed E-state index contributed by atoms with van der Waals surface area (Å²) in [5, 5.41) is 0. The van der Waals surface area contributed by atoms with E-state index >= 15 is 0 Å². The van der Waals surface area contributed by atoms with Crippen molar-refractivity contribution in [3.63, 3.8) is 0 Å². The first-order chi connectivity index (χ1) is 9.36. The van der Waals surface area contributed by atoms with E-state index in [1.165, 1.54) is 10.7 Å². The maximum Gasteiger partial charge on any atom is 0.243 e. The summed E-state index contributed by atoms with van der Waals surface area (Å²) in [5.41, 5.74) is 8.32. The van der Waals surface area contributed by atoms with Gasteiger partial charge in [0, 0.05) is 20.1 Å². The molecule has 1 aliphatic rings. The van der Waals surface area contributed by atoms with Crippen molar-refractivity contribution in [2.24, 2.45) is 11.7 Å². The molecule has 0 saturated heterocycles. The van der Waals surface area contributed by atoms with Gasteiger partial charge in [-0.2, -0.15) is 0 Å². The zero-order valence-corrected chi connectivity index (χ0v) is 13.3.